The number of hydrazine groups is 1. The fourth-order valence-electron chi connectivity index (χ4n) is 3.72. The van der Waals surface area contributed by atoms with Gasteiger partial charge in [-0.1, -0.05) is 70.8 Å². The maximum Gasteiger partial charge on any atom is 0.410 e. The SMILES string of the molecule is C=O.CCCCC.CCCCCOCCCCN(CCC#Cc1ccc(C=O)c(CN(C)NC=O)c1)C(=O)OC(C)(C)C. The van der Waals surface area contributed by atoms with E-state index < -0.39 is 5.60 Å². The molecular formula is C34H57N3O6. The minimum atomic E-state index is -0.563. The fraction of sp³-hybridized carbons (Fsp3) is 0.647. The molecule has 0 radical (unpaired) electrons. The molecule has 0 atom stereocenters. The molecule has 1 aromatic rings. The van der Waals surface area contributed by atoms with Crippen molar-refractivity contribution < 1.29 is 28.7 Å². The third-order valence-corrected chi connectivity index (χ3v) is 5.91. The molecule has 0 fully saturated rings. The van der Waals surface area contributed by atoms with Crippen molar-refractivity contribution in [1.82, 2.24) is 15.3 Å². The number of ether oxygens (including phenoxy) is 2. The Labute approximate surface area is 261 Å². The topological polar surface area (TPSA) is 105 Å². The van der Waals surface area contributed by atoms with Gasteiger partial charge in [-0.2, -0.15) is 0 Å². The number of hydrogen-bond donors (Lipinski definition) is 1. The normalized spacial score (nSPS) is 10.2. The number of amides is 2. The maximum absolute atomic E-state index is 12.7. The molecule has 0 bridgehead atoms. The van der Waals surface area contributed by atoms with E-state index in [1.165, 1.54) is 32.1 Å². The summed E-state index contributed by atoms with van der Waals surface area (Å²) < 4.78 is 11.2. The molecule has 0 unspecified atom stereocenters. The Morgan fingerprint density at radius 2 is 1.58 bits per heavy atom. The lowest BCUT2D eigenvalue weighted by atomic mass is 10.0. The summed E-state index contributed by atoms with van der Waals surface area (Å²) in [6, 6.07) is 5.35. The summed E-state index contributed by atoms with van der Waals surface area (Å²) >= 11 is 0. The Balaban J connectivity index is 0. The van der Waals surface area contributed by atoms with Gasteiger partial charge in [-0.25, -0.2) is 9.80 Å². The number of benzene rings is 1. The average molecular weight is 604 g/mol. The third-order valence-electron chi connectivity index (χ3n) is 5.91. The molecule has 1 N–H and O–H groups in total. The number of unbranched alkanes of at least 4 members (excludes halogenated alkanes) is 5. The van der Waals surface area contributed by atoms with Crippen molar-refractivity contribution in [2.75, 3.05) is 33.4 Å². The van der Waals surface area contributed by atoms with E-state index in [1.807, 2.05) is 33.6 Å². The van der Waals surface area contributed by atoms with Gasteiger partial charge in [0.15, 0.2) is 0 Å². The van der Waals surface area contributed by atoms with Crippen LogP contribution in [-0.2, 0) is 25.6 Å². The first-order chi connectivity index (χ1) is 20.6. The summed E-state index contributed by atoms with van der Waals surface area (Å²) in [7, 11) is 1.71. The summed E-state index contributed by atoms with van der Waals surface area (Å²) in [5, 5.41) is 1.58. The van der Waals surface area contributed by atoms with Crippen LogP contribution in [0.2, 0.25) is 0 Å². The van der Waals surface area contributed by atoms with Gasteiger partial charge in [0, 0.05) is 57.4 Å². The van der Waals surface area contributed by atoms with Gasteiger partial charge in [-0.15, -0.1) is 0 Å². The smallest absolute Gasteiger partial charge is 0.410 e. The van der Waals surface area contributed by atoms with Crippen molar-refractivity contribution >= 4 is 25.6 Å². The van der Waals surface area contributed by atoms with Gasteiger partial charge in [0.25, 0.3) is 0 Å². The standard InChI is InChI=1S/C28H43N3O5.C5H12.CH2O/c1-6-7-11-18-35-19-12-10-17-31(27(34)36-28(2,3)4)16-9-8-13-24-14-15-25(22-32)26(20-24)21-30(5)29-23-33;1-3-5-4-2;1-2/h14-15,20,22-23H,6-7,9-12,16-19,21H2,1-5H3,(H,29,33);3-5H2,1-2H3;1H2. The highest BCUT2D eigenvalue weighted by molar-refractivity contribution is 5.77. The molecule has 9 nitrogen and oxygen atoms in total. The summed E-state index contributed by atoms with van der Waals surface area (Å²) in [4.78, 5) is 44.4. The van der Waals surface area contributed by atoms with Crippen molar-refractivity contribution in [3.63, 3.8) is 0 Å². The maximum atomic E-state index is 12.7. The van der Waals surface area contributed by atoms with Gasteiger partial charge < -0.3 is 19.2 Å². The second kappa shape index (κ2) is 27.6. The lowest BCUT2D eigenvalue weighted by molar-refractivity contribution is -0.113. The van der Waals surface area contributed by atoms with Crippen LogP contribution in [0, 0.1) is 11.8 Å². The summed E-state index contributed by atoms with van der Waals surface area (Å²) in [5.74, 6) is 6.24. The van der Waals surface area contributed by atoms with Gasteiger partial charge in [-0.05, 0) is 57.7 Å². The van der Waals surface area contributed by atoms with Crippen molar-refractivity contribution in [3.8, 4) is 11.8 Å². The van der Waals surface area contributed by atoms with E-state index in [-0.39, 0.29) is 6.09 Å². The summed E-state index contributed by atoms with van der Waals surface area (Å²) in [6.45, 7) is 17.1. The van der Waals surface area contributed by atoms with Crippen molar-refractivity contribution in [2.24, 2.45) is 0 Å². The molecular weight excluding hydrogens is 546 g/mol. The van der Waals surface area contributed by atoms with Crippen molar-refractivity contribution in [2.45, 2.75) is 111 Å². The Bertz CT molecular complexity index is 934. The number of rotatable bonds is 18. The molecule has 9 heteroatoms. The molecule has 43 heavy (non-hydrogen) atoms. The number of carbonyl (C=O) groups is 4. The molecule has 0 aliphatic carbocycles. The van der Waals surface area contributed by atoms with Gasteiger partial charge in [-0.3, -0.25) is 15.0 Å². The second-order valence-electron chi connectivity index (χ2n) is 11.0. The minimum Gasteiger partial charge on any atom is -0.444 e. The molecule has 0 saturated carbocycles. The van der Waals surface area contributed by atoms with Crippen LogP contribution in [0.1, 0.15) is 121 Å². The van der Waals surface area contributed by atoms with Crippen LogP contribution in [0.3, 0.4) is 0 Å². The summed E-state index contributed by atoms with van der Waals surface area (Å²) in [5.41, 5.74) is 4.05. The van der Waals surface area contributed by atoms with Gasteiger partial charge >= 0.3 is 6.09 Å². The highest BCUT2D eigenvalue weighted by Gasteiger charge is 2.21. The van der Waals surface area contributed by atoms with E-state index in [4.69, 9.17) is 14.3 Å². The van der Waals surface area contributed by atoms with Crippen LogP contribution in [0.5, 0.6) is 0 Å². The third kappa shape index (κ3) is 24.0. The first-order valence-electron chi connectivity index (χ1n) is 15.4. The van der Waals surface area contributed by atoms with E-state index in [0.29, 0.717) is 44.6 Å². The molecule has 0 aromatic heterocycles. The molecule has 1 rings (SSSR count). The van der Waals surface area contributed by atoms with Crippen molar-refractivity contribution in [3.05, 3.63) is 34.9 Å². The highest BCUT2D eigenvalue weighted by atomic mass is 16.6. The molecule has 0 spiro atoms. The Hall–Kier alpha value is -3.22. The quantitative estimate of drug-likeness (QED) is 0.0876. The molecule has 0 aliphatic heterocycles. The van der Waals surface area contributed by atoms with Crippen LogP contribution in [0.4, 0.5) is 4.79 Å². The summed E-state index contributed by atoms with van der Waals surface area (Å²) in [6.07, 6.45) is 10.8. The van der Waals surface area contributed by atoms with Crippen LogP contribution in [0.15, 0.2) is 18.2 Å². The Morgan fingerprint density at radius 3 is 2.12 bits per heavy atom. The van der Waals surface area contributed by atoms with Gasteiger partial charge in [0.2, 0.25) is 6.41 Å². The predicted octanol–water partition coefficient (Wildman–Crippen LogP) is 6.57. The van der Waals surface area contributed by atoms with Crippen LogP contribution in [0.25, 0.3) is 0 Å². The van der Waals surface area contributed by atoms with Gasteiger partial charge in [0.1, 0.15) is 18.7 Å². The van der Waals surface area contributed by atoms with E-state index in [9.17, 15) is 14.4 Å². The first-order valence-corrected chi connectivity index (χ1v) is 15.4. The van der Waals surface area contributed by atoms with Crippen LogP contribution < -0.4 is 5.43 Å². The largest absolute Gasteiger partial charge is 0.444 e. The zero-order chi connectivity index (χ0) is 32.9. The number of nitrogens with one attached hydrogen (secondary N) is 1. The van der Waals surface area contributed by atoms with E-state index in [0.717, 1.165) is 43.3 Å². The van der Waals surface area contributed by atoms with E-state index >= 15 is 0 Å². The number of hydrogen-bond acceptors (Lipinski definition) is 7. The van der Waals surface area contributed by atoms with Crippen LogP contribution in [-0.4, -0.2) is 74.4 Å². The number of nitrogens with zero attached hydrogens (tertiary/aromatic N) is 2. The number of carbonyl (C=O) groups excluding carboxylic acids is 4. The predicted molar refractivity (Wildman–Crippen MR) is 174 cm³/mol. The lowest BCUT2D eigenvalue weighted by Crippen LogP contribution is -2.38. The lowest BCUT2D eigenvalue weighted by Gasteiger charge is -2.27. The fourth-order valence-corrected chi connectivity index (χ4v) is 3.72. The molecule has 0 heterocycles. The minimum absolute atomic E-state index is 0.337. The Kier molecular flexibility index (Phi) is 26.9. The monoisotopic (exact) mass is 603 g/mol. The number of aldehydes is 1. The van der Waals surface area contributed by atoms with E-state index in [1.54, 1.807) is 29.1 Å². The zero-order valence-electron chi connectivity index (χ0n) is 27.8. The zero-order valence-corrected chi connectivity index (χ0v) is 27.8. The Morgan fingerprint density at radius 1 is 0.953 bits per heavy atom. The van der Waals surface area contributed by atoms with Crippen LogP contribution >= 0.6 is 0 Å². The first kappa shape index (κ1) is 41.9. The highest BCUT2D eigenvalue weighted by Crippen LogP contribution is 2.13. The molecule has 0 saturated heterocycles. The van der Waals surface area contributed by atoms with Gasteiger partial charge in [0.05, 0.1) is 0 Å². The van der Waals surface area contributed by atoms with E-state index in [2.05, 4.69) is 38.0 Å². The molecule has 1 aromatic carbocycles. The molecule has 2 amide bonds. The second-order valence-corrected chi connectivity index (χ2v) is 11.0. The average Bonchev–Trinajstić information content (AvgIpc) is 2.96. The molecule has 0 aliphatic rings. The van der Waals surface area contributed by atoms with Crippen molar-refractivity contribution in [1.29, 1.82) is 0 Å². The molecule has 244 valence electrons.